The lowest BCUT2D eigenvalue weighted by molar-refractivity contribution is -0.942. The van der Waals surface area contributed by atoms with Crippen LogP contribution in [0.2, 0.25) is 0 Å². The van der Waals surface area contributed by atoms with Gasteiger partial charge in [-0.25, -0.2) is 4.98 Å². The minimum absolute atomic E-state index is 0.00327. The van der Waals surface area contributed by atoms with Gasteiger partial charge >= 0.3 is 0 Å². The van der Waals surface area contributed by atoms with E-state index in [2.05, 4.69) is 33.8 Å². The predicted molar refractivity (Wildman–Crippen MR) is 123 cm³/mol. The number of nitrogens with zero attached hydrogens (tertiary/aromatic N) is 3. The highest BCUT2D eigenvalue weighted by Crippen LogP contribution is 2.23. The van der Waals surface area contributed by atoms with E-state index in [4.69, 9.17) is 4.98 Å². The summed E-state index contributed by atoms with van der Waals surface area (Å²) in [6.07, 6.45) is 0. The van der Waals surface area contributed by atoms with Gasteiger partial charge in [0.1, 0.15) is 0 Å². The summed E-state index contributed by atoms with van der Waals surface area (Å²) in [6, 6.07) is 18.3. The smallest absolute Gasteiger partial charge is 0.262 e. The van der Waals surface area contributed by atoms with Gasteiger partial charge < -0.3 is 4.90 Å². The second-order valence-corrected chi connectivity index (χ2v) is 9.00. The van der Waals surface area contributed by atoms with E-state index in [1.807, 2.05) is 53.1 Å². The highest BCUT2D eigenvalue weighted by atomic mass is 32.2. The van der Waals surface area contributed by atoms with Gasteiger partial charge in [0, 0.05) is 5.75 Å². The van der Waals surface area contributed by atoms with E-state index < -0.39 is 0 Å². The van der Waals surface area contributed by atoms with Crippen molar-refractivity contribution in [2.45, 2.75) is 57.2 Å². The van der Waals surface area contributed by atoms with Crippen LogP contribution in [0, 0.1) is 11.3 Å². The molecule has 3 aromatic rings. The van der Waals surface area contributed by atoms with Crippen molar-refractivity contribution < 1.29 is 4.90 Å². The van der Waals surface area contributed by atoms with Crippen molar-refractivity contribution in [1.29, 1.82) is 5.26 Å². The highest BCUT2D eigenvalue weighted by Gasteiger charge is 2.19. The third kappa shape index (κ3) is 4.92. The number of hydrogen-bond acceptors (Lipinski definition) is 4. The number of hydrogen-bond donors (Lipinski definition) is 1. The Hall–Kier alpha value is -2.62. The lowest BCUT2D eigenvalue weighted by atomic mass is 10.1. The molecule has 2 aromatic carbocycles. The molecule has 1 aromatic heterocycles. The molecule has 0 aliphatic rings. The average molecular weight is 422 g/mol. The maximum absolute atomic E-state index is 13.3. The zero-order valence-electron chi connectivity index (χ0n) is 18.1. The number of para-hydroxylation sites is 1. The summed E-state index contributed by atoms with van der Waals surface area (Å²) in [6.45, 7) is 10.3. The molecule has 5 nitrogen and oxygen atoms in total. The fraction of sp³-hybridized carbons (Fsp3) is 0.375. The summed E-state index contributed by atoms with van der Waals surface area (Å²) in [5, 5.41) is 10.7. The lowest BCUT2D eigenvalue weighted by Gasteiger charge is -2.28. The lowest BCUT2D eigenvalue weighted by Crippen LogP contribution is -3.18. The van der Waals surface area contributed by atoms with Gasteiger partial charge in [0.2, 0.25) is 0 Å². The molecule has 0 atom stereocenters. The van der Waals surface area contributed by atoms with Gasteiger partial charge in [0.25, 0.3) is 5.56 Å². The second kappa shape index (κ2) is 9.92. The first-order valence-corrected chi connectivity index (χ1v) is 11.4. The SMILES string of the molecule is CC(C)[NH+](CCn1c(SCc2ccccc2C#N)nc2ccccc2c1=O)C(C)C. The standard InChI is InChI=1S/C24H28N4OS/c1-17(2)27(18(3)4)13-14-28-23(29)21-11-7-8-12-22(21)26-24(28)30-16-20-10-6-5-9-19(20)15-25/h5-12,17-18H,13-14,16H2,1-4H3/p+1. The molecule has 0 saturated carbocycles. The number of benzene rings is 2. The Morgan fingerprint density at radius 1 is 1.07 bits per heavy atom. The van der Waals surface area contributed by atoms with Crippen LogP contribution in [0.25, 0.3) is 10.9 Å². The number of aromatic nitrogens is 2. The highest BCUT2D eigenvalue weighted by molar-refractivity contribution is 7.98. The van der Waals surface area contributed by atoms with Crippen LogP contribution in [0.3, 0.4) is 0 Å². The van der Waals surface area contributed by atoms with Crippen LogP contribution < -0.4 is 10.5 Å². The van der Waals surface area contributed by atoms with Crippen LogP contribution >= 0.6 is 11.8 Å². The molecule has 1 N–H and O–H groups in total. The molecule has 0 radical (unpaired) electrons. The number of nitriles is 1. The number of nitrogens with one attached hydrogen (secondary N) is 1. The third-order valence-electron chi connectivity index (χ3n) is 5.43. The third-order valence-corrected chi connectivity index (χ3v) is 6.45. The Morgan fingerprint density at radius 2 is 1.73 bits per heavy atom. The van der Waals surface area contributed by atoms with Gasteiger partial charge in [-0.3, -0.25) is 9.36 Å². The zero-order valence-corrected chi connectivity index (χ0v) is 18.9. The van der Waals surface area contributed by atoms with Gasteiger partial charge in [-0.2, -0.15) is 5.26 Å². The largest absolute Gasteiger partial charge is 0.330 e. The van der Waals surface area contributed by atoms with E-state index in [9.17, 15) is 10.1 Å². The summed E-state index contributed by atoms with van der Waals surface area (Å²) < 4.78 is 1.81. The Kier molecular flexibility index (Phi) is 7.30. The molecule has 0 saturated heterocycles. The fourth-order valence-electron chi connectivity index (χ4n) is 3.84. The van der Waals surface area contributed by atoms with Crippen molar-refractivity contribution in [3.05, 3.63) is 70.0 Å². The van der Waals surface area contributed by atoms with E-state index in [0.717, 1.165) is 12.1 Å². The summed E-state index contributed by atoms with van der Waals surface area (Å²) in [4.78, 5) is 19.6. The molecule has 3 rings (SSSR count). The van der Waals surface area contributed by atoms with E-state index in [1.165, 1.54) is 16.7 Å². The molecule has 1 heterocycles. The first-order valence-electron chi connectivity index (χ1n) is 10.4. The molecule has 0 bridgehead atoms. The Balaban J connectivity index is 1.96. The van der Waals surface area contributed by atoms with Crippen molar-refractivity contribution in [1.82, 2.24) is 9.55 Å². The van der Waals surface area contributed by atoms with Gasteiger partial charge in [-0.15, -0.1) is 0 Å². The molecule has 0 amide bonds. The van der Waals surface area contributed by atoms with Crippen LogP contribution in [0.1, 0.15) is 38.8 Å². The summed E-state index contributed by atoms with van der Waals surface area (Å²) in [5.41, 5.74) is 2.33. The molecular formula is C24H29N4OS+. The van der Waals surface area contributed by atoms with Gasteiger partial charge in [-0.1, -0.05) is 42.1 Å². The Morgan fingerprint density at radius 3 is 2.43 bits per heavy atom. The first kappa shape index (κ1) is 22.1. The maximum atomic E-state index is 13.3. The fourth-order valence-corrected chi connectivity index (χ4v) is 4.87. The first-order chi connectivity index (χ1) is 14.4. The van der Waals surface area contributed by atoms with Gasteiger partial charge in [-0.05, 0) is 51.5 Å². The molecule has 156 valence electrons. The summed E-state index contributed by atoms with van der Waals surface area (Å²) in [5.74, 6) is 0.597. The minimum atomic E-state index is 0.00327. The monoisotopic (exact) mass is 421 g/mol. The second-order valence-electron chi connectivity index (χ2n) is 8.06. The van der Waals surface area contributed by atoms with Crippen LogP contribution in [-0.2, 0) is 12.3 Å². The average Bonchev–Trinajstić information content (AvgIpc) is 2.73. The molecular weight excluding hydrogens is 392 g/mol. The molecule has 0 aliphatic carbocycles. The molecule has 0 unspecified atom stereocenters. The van der Waals surface area contributed by atoms with E-state index in [-0.39, 0.29) is 5.56 Å². The number of rotatable bonds is 8. The summed E-state index contributed by atoms with van der Waals surface area (Å²) in [7, 11) is 0. The van der Waals surface area contributed by atoms with Crippen LogP contribution in [-0.4, -0.2) is 28.2 Å². The topological polar surface area (TPSA) is 63.1 Å². The van der Waals surface area contributed by atoms with Crippen molar-refractivity contribution in [2.75, 3.05) is 6.54 Å². The number of quaternary nitrogens is 1. The molecule has 0 spiro atoms. The van der Waals surface area contributed by atoms with Crippen molar-refractivity contribution in [3.63, 3.8) is 0 Å². The molecule has 6 heteroatoms. The van der Waals surface area contributed by atoms with Crippen LogP contribution in [0.4, 0.5) is 0 Å². The number of thioether (sulfide) groups is 1. The van der Waals surface area contributed by atoms with Crippen molar-refractivity contribution in [2.24, 2.45) is 0 Å². The maximum Gasteiger partial charge on any atom is 0.262 e. The van der Waals surface area contributed by atoms with E-state index in [1.54, 1.807) is 0 Å². The summed E-state index contributed by atoms with van der Waals surface area (Å²) >= 11 is 1.52. The Labute approximate surface area is 182 Å². The molecule has 0 fully saturated rings. The quantitative estimate of drug-likeness (QED) is 0.448. The van der Waals surface area contributed by atoms with E-state index in [0.29, 0.717) is 46.0 Å². The van der Waals surface area contributed by atoms with Crippen LogP contribution in [0.15, 0.2) is 58.5 Å². The Bertz CT molecular complexity index is 1110. The van der Waals surface area contributed by atoms with Gasteiger partial charge in [0.15, 0.2) is 5.16 Å². The number of fused-ring (bicyclic) bond motifs is 1. The predicted octanol–water partition coefficient (Wildman–Crippen LogP) is 3.26. The van der Waals surface area contributed by atoms with E-state index >= 15 is 0 Å². The van der Waals surface area contributed by atoms with Crippen molar-refractivity contribution in [3.8, 4) is 6.07 Å². The molecule has 0 aliphatic heterocycles. The normalized spacial score (nSPS) is 11.5. The van der Waals surface area contributed by atoms with Gasteiger partial charge in [0.05, 0.1) is 47.7 Å². The minimum Gasteiger partial charge on any atom is -0.330 e. The van der Waals surface area contributed by atoms with Crippen molar-refractivity contribution >= 4 is 22.7 Å². The zero-order chi connectivity index (χ0) is 21.7. The molecule has 30 heavy (non-hydrogen) atoms. The van der Waals surface area contributed by atoms with Crippen LogP contribution in [0.5, 0.6) is 0 Å².